The maximum absolute atomic E-state index is 4.67. The van der Waals surface area contributed by atoms with Crippen LogP contribution in [0.2, 0.25) is 0 Å². The summed E-state index contributed by atoms with van der Waals surface area (Å²) in [4.78, 5) is 16.4. The minimum atomic E-state index is 0.317. The molecule has 4 heterocycles. The molecule has 1 saturated carbocycles. The maximum atomic E-state index is 4.67. The van der Waals surface area contributed by atoms with Gasteiger partial charge < -0.3 is 20.6 Å². The summed E-state index contributed by atoms with van der Waals surface area (Å²) in [5, 5.41) is 7.32. The molecule has 2 aromatic carbocycles. The third-order valence-corrected chi connectivity index (χ3v) is 8.38. The van der Waals surface area contributed by atoms with Crippen molar-refractivity contribution in [3.05, 3.63) is 84.7 Å². The third-order valence-electron chi connectivity index (χ3n) is 8.38. The van der Waals surface area contributed by atoms with Gasteiger partial charge in [0.05, 0.1) is 35.9 Å². The summed E-state index contributed by atoms with van der Waals surface area (Å²) in [6.45, 7) is 0. The van der Waals surface area contributed by atoms with E-state index in [1.807, 2.05) is 12.4 Å². The third kappa shape index (κ3) is 3.39. The summed E-state index contributed by atoms with van der Waals surface area (Å²) >= 11 is 0. The number of hydrogen-bond donors (Lipinski definition) is 4. The first-order valence-electron chi connectivity index (χ1n) is 12.8. The molecule has 6 atom stereocenters. The van der Waals surface area contributed by atoms with Crippen LogP contribution >= 0.6 is 0 Å². The lowest BCUT2D eigenvalue weighted by molar-refractivity contribution is 0.543. The second-order valence-corrected chi connectivity index (χ2v) is 10.6. The van der Waals surface area contributed by atoms with E-state index in [1.54, 1.807) is 0 Å². The monoisotopic (exact) mass is 460 g/mol. The highest BCUT2D eigenvalue weighted by Gasteiger charge is 2.46. The Morgan fingerprint density at radius 2 is 1.17 bits per heavy atom. The molecule has 6 nitrogen and oxygen atoms in total. The van der Waals surface area contributed by atoms with E-state index in [0.29, 0.717) is 24.0 Å². The number of aromatic amines is 2. The molecule has 2 saturated heterocycles. The van der Waals surface area contributed by atoms with E-state index in [1.165, 1.54) is 29.5 Å². The highest BCUT2D eigenvalue weighted by atomic mass is 15.1. The van der Waals surface area contributed by atoms with Crippen LogP contribution < -0.4 is 10.6 Å². The fourth-order valence-electron chi connectivity index (χ4n) is 6.08. The van der Waals surface area contributed by atoms with Gasteiger partial charge in [0.1, 0.15) is 11.6 Å². The van der Waals surface area contributed by atoms with Gasteiger partial charge in [-0.3, -0.25) is 0 Å². The molecular formula is C29H28N6. The first-order chi connectivity index (χ1) is 17.3. The second kappa shape index (κ2) is 7.51. The van der Waals surface area contributed by atoms with Crippen LogP contribution in [0.4, 0.5) is 0 Å². The van der Waals surface area contributed by atoms with Gasteiger partial charge in [-0.15, -0.1) is 0 Å². The highest BCUT2D eigenvalue weighted by Crippen LogP contribution is 2.45. The Balaban J connectivity index is 0.965. The molecule has 4 N–H and O–H groups in total. The number of rotatable bonds is 5. The van der Waals surface area contributed by atoms with Crippen molar-refractivity contribution in [3.63, 3.8) is 0 Å². The molecule has 3 fully saturated rings. The zero-order valence-electron chi connectivity index (χ0n) is 19.4. The van der Waals surface area contributed by atoms with Crippen LogP contribution in [-0.2, 0) is 0 Å². The average molecular weight is 461 g/mol. The van der Waals surface area contributed by atoms with Crippen LogP contribution in [0.1, 0.15) is 43.0 Å². The van der Waals surface area contributed by atoms with Crippen molar-refractivity contribution in [2.75, 3.05) is 0 Å². The number of imidazole rings is 2. The van der Waals surface area contributed by atoms with Gasteiger partial charge in [0.15, 0.2) is 0 Å². The standard InChI is InChI=1S/C29H28N6/c1-5-18(26-14-30-28(34-26)24-11-20-9-10-22(20)32-24)6-2-16(1)17-3-7-19(8-4-17)27-15-31-29(35-27)25-13-21-12-23(21)33-25/h1-10,14-15,20-25,32-33H,11-13H2,(H,30,34)(H,31,35). The fraction of sp³-hybridized carbons (Fsp3) is 0.310. The Morgan fingerprint density at radius 3 is 1.63 bits per heavy atom. The molecule has 0 radical (unpaired) electrons. The summed E-state index contributed by atoms with van der Waals surface area (Å²) in [5.74, 6) is 3.65. The van der Waals surface area contributed by atoms with Gasteiger partial charge in [0, 0.05) is 12.1 Å². The van der Waals surface area contributed by atoms with E-state index in [2.05, 4.69) is 91.3 Å². The van der Waals surface area contributed by atoms with Crippen molar-refractivity contribution in [2.45, 2.75) is 43.4 Å². The van der Waals surface area contributed by atoms with Gasteiger partial charge in [-0.25, -0.2) is 9.97 Å². The number of H-pyrrole nitrogens is 2. The summed E-state index contributed by atoms with van der Waals surface area (Å²) in [6.07, 6.45) is 12.1. The van der Waals surface area contributed by atoms with E-state index in [4.69, 9.17) is 0 Å². The average Bonchev–Trinajstić information content (AvgIpc) is 3.38. The number of nitrogens with zero attached hydrogens (tertiary/aromatic N) is 2. The predicted molar refractivity (Wildman–Crippen MR) is 136 cm³/mol. The molecule has 0 spiro atoms. The second-order valence-electron chi connectivity index (χ2n) is 10.6. The van der Waals surface area contributed by atoms with Gasteiger partial charge in [-0.1, -0.05) is 60.7 Å². The van der Waals surface area contributed by atoms with Crippen LogP contribution in [0.5, 0.6) is 0 Å². The van der Waals surface area contributed by atoms with Crippen LogP contribution in [0.25, 0.3) is 33.6 Å². The minimum absolute atomic E-state index is 0.317. The normalized spacial score (nSPS) is 30.2. The molecule has 6 unspecified atom stereocenters. The molecule has 0 bridgehead atoms. The minimum Gasteiger partial charge on any atom is -0.341 e. The molecule has 174 valence electrons. The Labute approximate surface area is 204 Å². The molecule has 2 aliphatic heterocycles. The Morgan fingerprint density at radius 1 is 0.600 bits per heavy atom. The van der Waals surface area contributed by atoms with Crippen molar-refractivity contribution in [1.82, 2.24) is 30.6 Å². The summed E-state index contributed by atoms with van der Waals surface area (Å²) in [6, 6.07) is 19.4. The summed E-state index contributed by atoms with van der Waals surface area (Å²) in [7, 11) is 0. The van der Waals surface area contributed by atoms with Gasteiger partial charge in [0.2, 0.25) is 0 Å². The van der Waals surface area contributed by atoms with Gasteiger partial charge in [-0.2, -0.15) is 0 Å². The Kier molecular flexibility index (Phi) is 4.24. The molecule has 35 heavy (non-hydrogen) atoms. The molecule has 8 rings (SSSR count). The molecule has 2 aliphatic carbocycles. The Hall–Kier alpha value is -3.48. The van der Waals surface area contributed by atoms with Crippen molar-refractivity contribution < 1.29 is 0 Å². The predicted octanol–water partition coefficient (Wildman–Crippen LogP) is 5.15. The number of hydrogen-bond acceptors (Lipinski definition) is 4. The maximum Gasteiger partial charge on any atom is 0.123 e. The van der Waals surface area contributed by atoms with Crippen molar-refractivity contribution in [1.29, 1.82) is 0 Å². The van der Waals surface area contributed by atoms with Crippen LogP contribution in [-0.4, -0.2) is 32.0 Å². The smallest absolute Gasteiger partial charge is 0.123 e. The van der Waals surface area contributed by atoms with E-state index < -0.39 is 0 Å². The fourth-order valence-corrected chi connectivity index (χ4v) is 6.08. The number of aromatic nitrogens is 4. The molecule has 4 aromatic rings. The topological polar surface area (TPSA) is 81.4 Å². The van der Waals surface area contributed by atoms with Crippen molar-refractivity contribution >= 4 is 0 Å². The SMILES string of the molecule is C1=CC2NC(c3ncc(-c4ccc(-c5ccc(-c6cnc(C7CC8CC8N7)[nH]6)cc5)cc4)[nH]3)CC12. The molecular weight excluding hydrogens is 432 g/mol. The summed E-state index contributed by atoms with van der Waals surface area (Å²) < 4.78 is 0. The van der Waals surface area contributed by atoms with Crippen molar-refractivity contribution in [2.24, 2.45) is 11.8 Å². The van der Waals surface area contributed by atoms with Gasteiger partial charge >= 0.3 is 0 Å². The lowest BCUT2D eigenvalue weighted by Crippen LogP contribution is -2.30. The number of nitrogens with one attached hydrogen (secondary N) is 4. The lowest BCUT2D eigenvalue weighted by Gasteiger charge is -2.19. The highest BCUT2D eigenvalue weighted by molar-refractivity contribution is 5.71. The zero-order valence-corrected chi connectivity index (χ0v) is 19.4. The molecule has 0 amide bonds. The van der Waals surface area contributed by atoms with Crippen LogP contribution in [0.15, 0.2) is 73.1 Å². The van der Waals surface area contributed by atoms with E-state index in [9.17, 15) is 0 Å². The quantitative estimate of drug-likeness (QED) is 0.311. The Bertz CT molecular complexity index is 1390. The van der Waals surface area contributed by atoms with Gasteiger partial charge in [0.25, 0.3) is 0 Å². The summed E-state index contributed by atoms with van der Waals surface area (Å²) in [5.41, 5.74) is 6.90. The number of fused-ring (bicyclic) bond motifs is 2. The lowest BCUT2D eigenvalue weighted by atomic mass is 9.89. The largest absolute Gasteiger partial charge is 0.341 e. The molecule has 4 aliphatic rings. The number of benzene rings is 2. The first-order valence-corrected chi connectivity index (χ1v) is 12.8. The van der Waals surface area contributed by atoms with Gasteiger partial charge in [-0.05, 0) is 53.4 Å². The van der Waals surface area contributed by atoms with E-state index in [0.717, 1.165) is 47.0 Å². The van der Waals surface area contributed by atoms with Crippen LogP contribution in [0, 0.1) is 11.8 Å². The molecule has 2 aromatic heterocycles. The van der Waals surface area contributed by atoms with Crippen molar-refractivity contribution in [3.8, 4) is 33.6 Å². The van der Waals surface area contributed by atoms with Crippen LogP contribution in [0.3, 0.4) is 0 Å². The first kappa shape index (κ1) is 19.8. The zero-order chi connectivity index (χ0) is 22.9. The molecule has 6 heteroatoms. The van der Waals surface area contributed by atoms with E-state index in [-0.39, 0.29) is 0 Å². The number of piperidine rings is 1. The van der Waals surface area contributed by atoms with E-state index >= 15 is 0 Å².